The maximum absolute atomic E-state index is 11.8. The van der Waals surface area contributed by atoms with Gasteiger partial charge in [-0.2, -0.15) is 5.10 Å². The Labute approximate surface area is 136 Å². The molecule has 0 aliphatic rings. The Morgan fingerprint density at radius 3 is 2.52 bits per heavy atom. The molecular weight excluding hydrogens is 296 g/mol. The number of hydrazone groups is 1. The van der Waals surface area contributed by atoms with Crippen molar-refractivity contribution in [2.45, 2.75) is 39.3 Å². The number of hydrogen-bond acceptors (Lipinski definition) is 6. The molecule has 6 heteroatoms. The highest BCUT2D eigenvalue weighted by Crippen LogP contribution is 2.06. The summed E-state index contributed by atoms with van der Waals surface area (Å²) in [6.45, 7) is 7.48. The Balaban J connectivity index is 2.19. The first-order valence-corrected chi connectivity index (χ1v) is 7.62. The van der Waals surface area contributed by atoms with Gasteiger partial charge >= 0.3 is 11.9 Å². The van der Waals surface area contributed by atoms with Crippen LogP contribution in [0.3, 0.4) is 0 Å². The Morgan fingerprint density at radius 1 is 1.22 bits per heavy atom. The van der Waals surface area contributed by atoms with Crippen molar-refractivity contribution in [1.29, 1.82) is 0 Å². The molecule has 1 rings (SSSR count). The van der Waals surface area contributed by atoms with Crippen LogP contribution in [0.15, 0.2) is 35.4 Å². The first kappa shape index (κ1) is 18.7. The van der Waals surface area contributed by atoms with Crippen molar-refractivity contribution in [1.82, 2.24) is 5.43 Å². The lowest BCUT2D eigenvalue weighted by atomic mass is 10.1. The highest BCUT2D eigenvalue weighted by molar-refractivity contribution is 5.76. The Morgan fingerprint density at radius 2 is 1.91 bits per heavy atom. The molecule has 1 atom stereocenters. The number of carbonyl (C=O) groups is 2. The molecule has 1 aromatic rings. The molecule has 6 nitrogen and oxygen atoms in total. The molecule has 1 N–H and O–H groups in total. The maximum atomic E-state index is 11.8. The fourth-order valence-electron chi connectivity index (χ4n) is 1.86. The zero-order valence-electron chi connectivity index (χ0n) is 13.7. The van der Waals surface area contributed by atoms with Gasteiger partial charge in [-0.3, -0.25) is 10.2 Å². The molecule has 0 radical (unpaired) electrons. The Hall–Kier alpha value is -2.37. The van der Waals surface area contributed by atoms with Crippen LogP contribution in [-0.2, 0) is 25.7 Å². The van der Waals surface area contributed by atoms with Crippen LogP contribution in [-0.4, -0.2) is 31.3 Å². The number of ether oxygens (including phenoxy) is 2. The van der Waals surface area contributed by atoms with Gasteiger partial charge in [-0.15, -0.1) is 0 Å². The second kappa shape index (κ2) is 10.4. The predicted molar refractivity (Wildman–Crippen MR) is 87.7 cm³/mol. The largest absolute Gasteiger partial charge is 0.464 e. The number of hydrogen-bond donors (Lipinski definition) is 1. The summed E-state index contributed by atoms with van der Waals surface area (Å²) >= 11 is 0. The summed E-state index contributed by atoms with van der Waals surface area (Å²) in [6.07, 6.45) is 0.630. The smallest absolute Gasteiger partial charge is 0.330 e. The zero-order chi connectivity index (χ0) is 17.1. The second-order valence-corrected chi connectivity index (χ2v) is 5.43. The van der Waals surface area contributed by atoms with Crippen molar-refractivity contribution in [2.75, 3.05) is 6.61 Å². The Kier molecular flexibility index (Phi) is 8.42. The van der Waals surface area contributed by atoms with Gasteiger partial charge in [-0.25, -0.2) is 4.79 Å². The third kappa shape index (κ3) is 7.44. The van der Waals surface area contributed by atoms with E-state index in [0.717, 1.165) is 5.56 Å². The number of nitrogens with zero attached hydrogens (tertiary/aromatic N) is 1. The number of benzene rings is 1. The Bertz CT molecular complexity index is 503. The summed E-state index contributed by atoms with van der Waals surface area (Å²) in [5.74, 6) is -0.676. The highest BCUT2D eigenvalue weighted by Gasteiger charge is 2.22. The first-order valence-electron chi connectivity index (χ1n) is 7.62. The van der Waals surface area contributed by atoms with E-state index < -0.39 is 12.0 Å². The van der Waals surface area contributed by atoms with Crippen molar-refractivity contribution >= 4 is 18.7 Å². The summed E-state index contributed by atoms with van der Waals surface area (Å²) < 4.78 is 10.3. The molecular formula is C17H24N2O4. The lowest BCUT2D eigenvalue weighted by molar-refractivity contribution is -0.150. The molecule has 23 heavy (non-hydrogen) atoms. The third-order valence-corrected chi connectivity index (χ3v) is 3.16. The quantitative estimate of drug-likeness (QED) is 0.310. The lowest BCUT2D eigenvalue weighted by Gasteiger charge is -2.18. The number of nitrogens with one attached hydrogen (secondary N) is 1. The molecule has 0 aliphatic heterocycles. The van der Waals surface area contributed by atoms with Crippen molar-refractivity contribution in [3.05, 3.63) is 35.9 Å². The second-order valence-electron chi connectivity index (χ2n) is 5.43. The van der Waals surface area contributed by atoms with Crippen molar-refractivity contribution in [3.8, 4) is 0 Å². The van der Waals surface area contributed by atoms with Gasteiger partial charge in [0.25, 0.3) is 0 Å². The highest BCUT2D eigenvalue weighted by atomic mass is 16.5. The first-order chi connectivity index (χ1) is 11.0. The topological polar surface area (TPSA) is 77.0 Å². The van der Waals surface area contributed by atoms with Gasteiger partial charge in [-0.1, -0.05) is 44.2 Å². The van der Waals surface area contributed by atoms with E-state index in [2.05, 4.69) is 17.2 Å². The van der Waals surface area contributed by atoms with E-state index in [4.69, 9.17) is 9.47 Å². The molecule has 0 unspecified atom stereocenters. The molecule has 0 saturated carbocycles. The number of esters is 2. The fourth-order valence-corrected chi connectivity index (χ4v) is 1.86. The van der Waals surface area contributed by atoms with Crippen LogP contribution in [0.1, 0.15) is 32.3 Å². The van der Waals surface area contributed by atoms with Gasteiger partial charge in [-0.05, 0) is 17.9 Å². The normalized spacial score (nSPS) is 11.6. The number of rotatable bonds is 10. The summed E-state index contributed by atoms with van der Waals surface area (Å²) in [6, 6.07) is 8.93. The standard InChI is InChI=1S/C17H24N2O4/c1-13(2)16(19-18-3)17(21)22-11-7-10-15(20)23-12-14-8-5-4-6-9-14/h4-6,8-9,13,16,19H,3,7,10-12H2,1-2H3/t16-/m0/s1. The van der Waals surface area contributed by atoms with Crippen LogP contribution in [0.25, 0.3) is 0 Å². The molecule has 1 aromatic carbocycles. The summed E-state index contributed by atoms with van der Waals surface area (Å²) in [7, 11) is 0. The van der Waals surface area contributed by atoms with Crippen LogP contribution in [0.2, 0.25) is 0 Å². The van der Waals surface area contributed by atoms with Gasteiger partial charge in [0.1, 0.15) is 12.6 Å². The summed E-state index contributed by atoms with van der Waals surface area (Å²) in [4.78, 5) is 23.4. The average Bonchev–Trinajstić information content (AvgIpc) is 2.55. The SMILES string of the molecule is C=NN[C@H](C(=O)OCCCC(=O)OCc1ccccc1)C(C)C. The lowest BCUT2D eigenvalue weighted by Crippen LogP contribution is -2.39. The maximum Gasteiger partial charge on any atom is 0.330 e. The number of carbonyl (C=O) groups excluding carboxylic acids is 2. The monoisotopic (exact) mass is 320 g/mol. The van der Waals surface area contributed by atoms with Crippen molar-refractivity contribution in [3.63, 3.8) is 0 Å². The van der Waals surface area contributed by atoms with Crippen molar-refractivity contribution in [2.24, 2.45) is 11.0 Å². The predicted octanol–water partition coefficient (Wildman–Crippen LogP) is 2.28. The molecule has 0 spiro atoms. The van der Waals surface area contributed by atoms with E-state index in [9.17, 15) is 9.59 Å². The van der Waals surface area contributed by atoms with E-state index in [0.29, 0.717) is 6.42 Å². The minimum absolute atomic E-state index is 0.0313. The van der Waals surface area contributed by atoms with E-state index in [1.165, 1.54) is 0 Å². The average molecular weight is 320 g/mol. The van der Waals surface area contributed by atoms with E-state index in [1.54, 1.807) is 0 Å². The molecule has 0 saturated heterocycles. The fraction of sp³-hybridized carbons (Fsp3) is 0.471. The van der Waals surface area contributed by atoms with E-state index in [-0.39, 0.29) is 31.5 Å². The van der Waals surface area contributed by atoms with Crippen LogP contribution < -0.4 is 5.43 Å². The molecule has 126 valence electrons. The van der Waals surface area contributed by atoms with E-state index >= 15 is 0 Å². The molecule has 0 aliphatic carbocycles. The van der Waals surface area contributed by atoms with Crippen LogP contribution in [0.5, 0.6) is 0 Å². The van der Waals surface area contributed by atoms with Crippen LogP contribution in [0, 0.1) is 5.92 Å². The summed E-state index contributed by atoms with van der Waals surface area (Å²) in [5.41, 5.74) is 3.56. The van der Waals surface area contributed by atoms with Gasteiger partial charge in [0, 0.05) is 13.1 Å². The zero-order valence-corrected chi connectivity index (χ0v) is 13.7. The van der Waals surface area contributed by atoms with Crippen LogP contribution in [0.4, 0.5) is 0 Å². The molecule has 0 aromatic heterocycles. The van der Waals surface area contributed by atoms with Crippen LogP contribution >= 0.6 is 0 Å². The van der Waals surface area contributed by atoms with Crippen molar-refractivity contribution < 1.29 is 19.1 Å². The van der Waals surface area contributed by atoms with Gasteiger partial charge < -0.3 is 9.47 Å². The van der Waals surface area contributed by atoms with E-state index in [1.807, 2.05) is 44.2 Å². The van der Waals surface area contributed by atoms with Gasteiger partial charge in [0.05, 0.1) is 6.61 Å². The molecule has 0 amide bonds. The van der Waals surface area contributed by atoms with Gasteiger partial charge in [0.2, 0.25) is 0 Å². The minimum atomic E-state index is -0.530. The molecule has 0 heterocycles. The third-order valence-electron chi connectivity index (χ3n) is 3.16. The molecule has 0 bridgehead atoms. The summed E-state index contributed by atoms with van der Waals surface area (Å²) in [5, 5.41) is 3.51. The minimum Gasteiger partial charge on any atom is -0.464 e. The molecule has 0 fully saturated rings. The van der Waals surface area contributed by atoms with Gasteiger partial charge in [0.15, 0.2) is 0 Å².